The molecule has 0 spiro atoms. The number of rotatable bonds is 2. The standard InChI is InChI=1S/C6H15N.CHNS/c1-5(2)4-6(3)7;2-1-3/h5-6H,4,7H2,1-3H3;3H/p-1. The average molecular weight is 159 g/mol. The smallest absolute Gasteiger partial charge is 0.00129 e. The van der Waals surface area contributed by atoms with E-state index in [9.17, 15) is 0 Å². The minimum Gasteiger partial charge on any atom is -0.696 e. The van der Waals surface area contributed by atoms with Gasteiger partial charge in [0.2, 0.25) is 0 Å². The van der Waals surface area contributed by atoms with Crippen LogP contribution in [-0.2, 0) is 12.6 Å². The van der Waals surface area contributed by atoms with Crippen LogP contribution in [0.4, 0.5) is 0 Å². The van der Waals surface area contributed by atoms with E-state index >= 15 is 0 Å². The van der Waals surface area contributed by atoms with E-state index in [-0.39, 0.29) is 0 Å². The van der Waals surface area contributed by atoms with E-state index in [0.717, 1.165) is 12.3 Å². The molecule has 0 rings (SSSR count). The molecule has 1 atom stereocenters. The van der Waals surface area contributed by atoms with Gasteiger partial charge in [-0.05, 0) is 19.3 Å². The number of hydrogen-bond donors (Lipinski definition) is 1. The van der Waals surface area contributed by atoms with Crippen LogP contribution in [0.3, 0.4) is 0 Å². The molecule has 0 radical (unpaired) electrons. The molecule has 0 fully saturated rings. The molecule has 0 heterocycles. The second kappa shape index (κ2) is 8.67. The Morgan fingerprint density at radius 1 is 1.50 bits per heavy atom. The van der Waals surface area contributed by atoms with Crippen LogP contribution in [0.25, 0.3) is 0 Å². The van der Waals surface area contributed by atoms with Gasteiger partial charge in [-0.1, -0.05) is 19.2 Å². The molecule has 0 aliphatic heterocycles. The first kappa shape index (κ1) is 12.4. The Hall–Kier alpha value is -0.330. The first-order valence-electron chi connectivity index (χ1n) is 3.31. The van der Waals surface area contributed by atoms with Gasteiger partial charge in [-0.2, -0.15) is 0 Å². The predicted molar refractivity (Wildman–Crippen MR) is 46.1 cm³/mol. The van der Waals surface area contributed by atoms with Crippen LogP contribution in [0, 0.1) is 16.6 Å². The van der Waals surface area contributed by atoms with E-state index in [1.54, 1.807) is 0 Å². The van der Waals surface area contributed by atoms with Crippen LogP contribution in [-0.4, -0.2) is 6.04 Å². The van der Waals surface area contributed by atoms with Crippen molar-refractivity contribution in [2.24, 2.45) is 11.7 Å². The Balaban J connectivity index is 0. The first-order chi connectivity index (χ1) is 4.54. The minimum absolute atomic E-state index is 0.375. The Labute approximate surface area is 68.8 Å². The van der Waals surface area contributed by atoms with E-state index < -0.39 is 0 Å². The fourth-order valence-electron chi connectivity index (χ4n) is 0.744. The molecule has 0 saturated heterocycles. The third kappa shape index (κ3) is 25.3. The topological polar surface area (TPSA) is 49.8 Å². The van der Waals surface area contributed by atoms with Crippen molar-refractivity contribution in [3.63, 3.8) is 0 Å². The average Bonchev–Trinajstić information content (AvgIpc) is 1.62. The maximum absolute atomic E-state index is 7.13. The van der Waals surface area contributed by atoms with Gasteiger partial charge in [0.15, 0.2) is 0 Å². The van der Waals surface area contributed by atoms with Crippen LogP contribution < -0.4 is 5.73 Å². The van der Waals surface area contributed by atoms with E-state index in [1.165, 1.54) is 5.40 Å². The molecule has 10 heavy (non-hydrogen) atoms. The van der Waals surface area contributed by atoms with Crippen molar-refractivity contribution in [3.8, 4) is 5.40 Å². The molecule has 0 aromatic carbocycles. The highest BCUT2D eigenvalue weighted by Gasteiger charge is 1.95. The van der Waals surface area contributed by atoms with Crippen molar-refractivity contribution >= 4 is 12.6 Å². The van der Waals surface area contributed by atoms with Crippen LogP contribution in [0.15, 0.2) is 0 Å². The van der Waals surface area contributed by atoms with Gasteiger partial charge >= 0.3 is 0 Å². The highest BCUT2D eigenvalue weighted by atomic mass is 32.1. The van der Waals surface area contributed by atoms with Crippen molar-refractivity contribution in [2.45, 2.75) is 33.2 Å². The number of hydrogen-bond acceptors (Lipinski definition) is 3. The Bertz CT molecular complexity index is 88.3. The highest BCUT2D eigenvalue weighted by molar-refractivity contribution is 7.64. The predicted octanol–water partition coefficient (Wildman–Crippen LogP) is 1.39. The molecule has 0 saturated carbocycles. The Kier molecular flexibility index (Phi) is 10.7. The van der Waals surface area contributed by atoms with Crippen LogP contribution in [0.5, 0.6) is 0 Å². The molecular formula is C7H15N2S-. The molecular weight excluding hydrogens is 144 g/mol. The van der Waals surface area contributed by atoms with Crippen molar-refractivity contribution in [2.75, 3.05) is 0 Å². The fraction of sp³-hybridized carbons (Fsp3) is 0.857. The van der Waals surface area contributed by atoms with E-state index in [2.05, 4.69) is 26.5 Å². The lowest BCUT2D eigenvalue weighted by Gasteiger charge is -2.05. The summed E-state index contributed by atoms with van der Waals surface area (Å²) in [6, 6.07) is 0.375. The van der Waals surface area contributed by atoms with Gasteiger partial charge in [-0.3, -0.25) is 0 Å². The summed E-state index contributed by atoms with van der Waals surface area (Å²) in [6.07, 6.45) is 1.14. The third-order valence-corrected chi connectivity index (χ3v) is 0.843. The maximum atomic E-state index is 7.13. The number of thiocyanates is 1. The molecule has 0 aliphatic rings. The summed E-state index contributed by atoms with van der Waals surface area (Å²) in [7, 11) is 0. The summed E-state index contributed by atoms with van der Waals surface area (Å²) in [5, 5.41) is 8.47. The summed E-state index contributed by atoms with van der Waals surface area (Å²) >= 11 is 3.70. The zero-order chi connectivity index (χ0) is 8.57. The van der Waals surface area contributed by atoms with Crippen LogP contribution in [0.1, 0.15) is 27.2 Å². The molecule has 0 aliphatic carbocycles. The summed E-state index contributed by atoms with van der Waals surface area (Å²) < 4.78 is 0. The Morgan fingerprint density at radius 3 is 1.80 bits per heavy atom. The van der Waals surface area contributed by atoms with Crippen LogP contribution >= 0.6 is 0 Å². The zero-order valence-electron chi connectivity index (χ0n) is 6.79. The lowest BCUT2D eigenvalue weighted by atomic mass is 10.1. The molecule has 0 amide bonds. The van der Waals surface area contributed by atoms with Crippen molar-refractivity contribution < 1.29 is 0 Å². The van der Waals surface area contributed by atoms with Gasteiger partial charge in [0, 0.05) is 6.04 Å². The second-order valence-corrected chi connectivity index (χ2v) is 2.88. The molecule has 0 aromatic rings. The first-order valence-corrected chi connectivity index (χ1v) is 3.72. The SMILES string of the molecule is CC(C)CC(C)N.N#C[S-]. The van der Waals surface area contributed by atoms with E-state index in [1.807, 2.05) is 6.92 Å². The molecule has 2 nitrogen and oxygen atoms in total. The van der Waals surface area contributed by atoms with Crippen molar-refractivity contribution in [1.82, 2.24) is 0 Å². The number of nitrogens with two attached hydrogens (primary N) is 1. The lowest BCUT2D eigenvalue weighted by Crippen LogP contribution is -2.16. The fourth-order valence-corrected chi connectivity index (χ4v) is 0.744. The third-order valence-electron chi connectivity index (χ3n) is 0.843. The zero-order valence-corrected chi connectivity index (χ0v) is 7.61. The number of nitrogens with zero attached hydrogens (tertiary/aromatic N) is 1. The highest BCUT2D eigenvalue weighted by Crippen LogP contribution is 2.00. The summed E-state index contributed by atoms with van der Waals surface area (Å²) in [6.45, 7) is 6.41. The van der Waals surface area contributed by atoms with E-state index in [4.69, 9.17) is 11.0 Å². The monoisotopic (exact) mass is 159 g/mol. The lowest BCUT2D eigenvalue weighted by molar-refractivity contribution is 0.520. The largest absolute Gasteiger partial charge is 0.696 e. The summed E-state index contributed by atoms with van der Waals surface area (Å²) in [4.78, 5) is 0. The van der Waals surface area contributed by atoms with Gasteiger partial charge < -0.3 is 18.4 Å². The van der Waals surface area contributed by atoms with Gasteiger partial charge in [-0.25, -0.2) is 5.26 Å². The van der Waals surface area contributed by atoms with Crippen LogP contribution in [0.2, 0.25) is 0 Å². The molecule has 0 aromatic heterocycles. The molecule has 3 heteroatoms. The van der Waals surface area contributed by atoms with Crippen molar-refractivity contribution in [3.05, 3.63) is 0 Å². The van der Waals surface area contributed by atoms with Gasteiger partial charge in [0.25, 0.3) is 0 Å². The van der Waals surface area contributed by atoms with E-state index in [0.29, 0.717) is 6.04 Å². The summed E-state index contributed by atoms with van der Waals surface area (Å²) in [5.74, 6) is 0.750. The summed E-state index contributed by atoms with van der Waals surface area (Å²) in [5.41, 5.74) is 5.49. The van der Waals surface area contributed by atoms with Gasteiger partial charge in [-0.15, -0.1) is 0 Å². The molecule has 2 N–H and O–H groups in total. The Morgan fingerprint density at radius 2 is 1.80 bits per heavy atom. The molecule has 60 valence electrons. The van der Waals surface area contributed by atoms with Crippen molar-refractivity contribution in [1.29, 1.82) is 5.26 Å². The molecule has 0 bridgehead atoms. The van der Waals surface area contributed by atoms with Gasteiger partial charge in [0.05, 0.1) is 0 Å². The second-order valence-electron chi connectivity index (χ2n) is 2.70. The molecule has 1 unspecified atom stereocenters. The van der Waals surface area contributed by atoms with Gasteiger partial charge in [0.1, 0.15) is 0 Å². The normalized spacial score (nSPS) is 11.2. The number of nitriles is 1. The minimum atomic E-state index is 0.375. The quantitative estimate of drug-likeness (QED) is 0.489. The maximum Gasteiger partial charge on any atom is 0.00129 e.